The monoisotopic (exact) mass is 385 g/mol. The molecule has 2 heterocycles. The van der Waals surface area contributed by atoms with Gasteiger partial charge in [-0.1, -0.05) is 18.2 Å². The van der Waals surface area contributed by atoms with E-state index < -0.39 is 0 Å². The lowest BCUT2D eigenvalue weighted by Gasteiger charge is -2.35. The summed E-state index contributed by atoms with van der Waals surface area (Å²) in [6, 6.07) is 9.96. The maximum atomic E-state index is 11.9. The van der Waals surface area contributed by atoms with Crippen LogP contribution in [0.3, 0.4) is 0 Å². The molecule has 150 valence electrons. The summed E-state index contributed by atoms with van der Waals surface area (Å²) in [6.07, 6.45) is 1.45. The Balaban J connectivity index is 1.66. The minimum atomic E-state index is -0.250. The highest BCUT2D eigenvalue weighted by molar-refractivity contribution is 5.80. The first-order valence-electron chi connectivity index (χ1n) is 9.62. The molecular formula is C19H27N7O2. The number of carbonyl (C=O) groups is 1. The Kier molecular flexibility index (Phi) is 6.83. The van der Waals surface area contributed by atoms with Crippen molar-refractivity contribution in [2.75, 3.05) is 39.3 Å². The number of nitrogens with one attached hydrogen (secondary N) is 1. The minimum Gasteiger partial charge on any atom is -0.450 e. The lowest BCUT2D eigenvalue weighted by atomic mass is 10.3. The fraction of sp³-hybridized carbons (Fsp3) is 0.474. The molecule has 3 rings (SSSR count). The van der Waals surface area contributed by atoms with Crippen molar-refractivity contribution in [2.24, 2.45) is 4.99 Å². The average Bonchev–Trinajstić information content (AvgIpc) is 3.21. The first-order chi connectivity index (χ1) is 13.7. The summed E-state index contributed by atoms with van der Waals surface area (Å²) in [6.45, 7) is 8.07. The molecule has 1 fully saturated rings. The zero-order chi connectivity index (χ0) is 19.8. The molecule has 0 saturated carbocycles. The van der Waals surface area contributed by atoms with Crippen LogP contribution in [0.15, 0.2) is 41.7 Å². The van der Waals surface area contributed by atoms with Crippen LogP contribution in [0.4, 0.5) is 4.79 Å². The van der Waals surface area contributed by atoms with Gasteiger partial charge in [0.15, 0.2) is 11.8 Å². The fourth-order valence-electron chi connectivity index (χ4n) is 3.06. The van der Waals surface area contributed by atoms with E-state index in [1.54, 1.807) is 11.2 Å². The molecule has 2 aromatic rings. The highest BCUT2D eigenvalue weighted by Gasteiger charge is 2.23. The van der Waals surface area contributed by atoms with Gasteiger partial charge in [-0.05, 0) is 26.0 Å². The van der Waals surface area contributed by atoms with Crippen molar-refractivity contribution in [3.63, 3.8) is 0 Å². The van der Waals surface area contributed by atoms with Gasteiger partial charge in [-0.15, -0.1) is 10.2 Å². The van der Waals surface area contributed by atoms with E-state index in [0.717, 1.165) is 24.0 Å². The summed E-state index contributed by atoms with van der Waals surface area (Å²) in [7, 11) is 0. The molecule has 0 radical (unpaired) electrons. The van der Waals surface area contributed by atoms with E-state index in [0.29, 0.717) is 39.3 Å². The molecule has 1 aliphatic rings. The number of aliphatic imine (C=N–C) groups is 1. The number of hydrogen-bond acceptors (Lipinski definition) is 5. The Bertz CT molecular complexity index is 783. The number of aromatic nitrogens is 3. The Morgan fingerprint density at radius 3 is 2.54 bits per heavy atom. The van der Waals surface area contributed by atoms with Crippen LogP contribution in [-0.2, 0) is 11.3 Å². The minimum absolute atomic E-state index is 0.250. The van der Waals surface area contributed by atoms with Crippen LogP contribution in [0.2, 0.25) is 0 Å². The lowest BCUT2D eigenvalue weighted by Crippen LogP contribution is -2.53. The number of amides is 1. The molecule has 0 unspecified atom stereocenters. The topological polar surface area (TPSA) is 87.9 Å². The van der Waals surface area contributed by atoms with E-state index in [9.17, 15) is 4.79 Å². The lowest BCUT2D eigenvalue weighted by molar-refractivity contribution is 0.0914. The standard InChI is InChI=1S/C19H27N7O2/c1-3-20-18(24-10-12-25(13-11-24)19(27)28-4-2)21-14-17-23-22-15-26(17)16-8-6-5-7-9-16/h5-9,15H,3-4,10-14H2,1-2H3,(H,20,21). The van der Waals surface area contributed by atoms with Crippen LogP contribution in [-0.4, -0.2) is 75.9 Å². The molecule has 1 aliphatic heterocycles. The van der Waals surface area contributed by atoms with Gasteiger partial charge in [0.05, 0.1) is 6.61 Å². The number of nitrogens with zero attached hydrogens (tertiary/aromatic N) is 6. The van der Waals surface area contributed by atoms with Gasteiger partial charge in [0.25, 0.3) is 0 Å². The van der Waals surface area contributed by atoms with E-state index in [-0.39, 0.29) is 6.09 Å². The van der Waals surface area contributed by atoms with Crippen LogP contribution < -0.4 is 5.32 Å². The summed E-state index contributed by atoms with van der Waals surface area (Å²) in [4.78, 5) is 20.5. The number of rotatable bonds is 5. The third kappa shape index (κ3) is 4.79. The van der Waals surface area contributed by atoms with E-state index in [2.05, 4.69) is 20.4 Å². The quantitative estimate of drug-likeness (QED) is 0.620. The molecule has 9 heteroatoms. The number of benzene rings is 1. The highest BCUT2D eigenvalue weighted by atomic mass is 16.6. The van der Waals surface area contributed by atoms with Crippen molar-refractivity contribution in [1.82, 2.24) is 29.9 Å². The largest absolute Gasteiger partial charge is 0.450 e. The molecule has 0 bridgehead atoms. The van der Waals surface area contributed by atoms with E-state index >= 15 is 0 Å². The molecular weight excluding hydrogens is 358 g/mol. The van der Waals surface area contributed by atoms with Gasteiger partial charge in [0, 0.05) is 38.4 Å². The Morgan fingerprint density at radius 1 is 1.14 bits per heavy atom. The third-order valence-corrected chi connectivity index (χ3v) is 4.46. The van der Waals surface area contributed by atoms with Gasteiger partial charge in [-0.2, -0.15) is 0 Å². The van der Waals surface area contributed by atoms with Crippen LogP contribution in [0.25, 0.3) is 5.69 Å². The number of para-hydroxylation sites is 1. The highest BCUT2D eigenvalue weighted by Crippen LogP contribution is 2.10. The van der Waals surface area contributed by atoms with Crippen molar-refractivity contribution >= 4 is 12.1 Å². The van der Waals surface area contributed by atoms with Crippen LogP contribution in [0.1, 0.15) is 19.7 Å². The Morgan fingerprint density at radius 2 is 1.86 bits per heavy atom. The second-order valence-corrected chi connectivity index (χ2v) is 6.30. The van der Waals surface area contributed by atoms with E-state index in [4.69, 9.17) is 9.73 Å². The van der Waals surface area contributed by atoms with Gasteiger partial charge in [-0.3, -0.25) is 4.57 Å². The summed E-state index contributed by atoms with van der Waals surface area (Å²) >= 11 is 0. The average molecular weight is 385 g/mol. The van der Waals surface area contributed by atoms with Gasteiger partial charge >= 0.3 is 6.09 Å². The van der Waals surface area contributed by atoms with E-state index in [1.165, 1.54) is 0 Å². The zero-order valence-electron chi connectivity index (χ0n) is 16.4. The normalized spacial score (nSPS) is 14.9. The summed E-state index contributed by atoms with van der Waals surface area (Å²) in [5.41, 5.74) is 1.01. The van der Waals surface area contributed by atoms with Gasteiger partial charge in [-0.25, -0.2) is 9.79 Å². The van der Waals surface area contributed by atoms with Crippen LogP contribution >= 0.6 is 0 Å². The Labute approximate surface area is 165 Å². The second-order valence-electron chi connectivity index (χ2n) is 6.30. The number of carbonyl (C=O) groups excluding carboxylic acids is 1. The van der Waals surface area contributed by atoms with E-state index in [1.807, 2.05) is 48.7 Å². The number of guanidine groups is 1. The molecule has 0 atom stereocenters. The molecule has 9 nitrogen and oxygen atoms in total. The summed E-state index contributed by atoms with van der Waals surface area (Å²) in [5.74, 6) is 1.58. The number of piperazine rings is 1. The smallest absolute Gasteiger partial charge is 0.409 e. The maximum absolute atomic E-state index is 11.9. The molecule has 1 N–H and O–H groups in total. The predicted molar refractivity (Wildman–Crippen MR) is 106 cm³/mol. The van der Waals surface area contributed by atoms with Gasteiger partial charge < -0.3 is 19.9 Å². The zero-order valence-corrected chi connectivity index (χ0v) is 16.4. The van der Waals surface area contributed by atoms with Gasteiger partial charge in [0.2, 0.25) is 0 Å². The first-order valence-corrected chi connectivity index (χ1v) is 9.62. The second kappa shape index (κ2) is 9.72. The molecule has 1 aromatic carbocycles. The van der Waals surface area contributed by atoms with Crippen molar-refractivity contribution in [3.8, 4) is 5.69 Å². The SMILES string of the molecule is CCNC(=NCc1nncn1-c1ccccc1)N1CCN(C(=O)OCC)CC1. The van der Waals surface area contributed by atoms with Crippen molar-refractivity contribution in [3.05, 3.63) is 42.5 Å². The molecule has 0 spiro atoms. The fourth-order valence-corrected chi connectivity index (χ4v) is 3.06. The maximum Gasteiger partial charge on any atom is 0.409 e. The van der Waals surface area contributed by atoms with Crippen molar-refractivity contribution in [2.45, 2.75) is 20.4 Å². The molecule has 1 saturated heterocycles. The van der Waals surface area contributed by atoms with Crippen LogP contribution in [0, 0.1) is 0 Å². The number of hydrogen-bond donors (Lipinski definition) is 1. The number of ether oxygens (including phenoxy) is 1. The Hall–Kier alpha value is -3.10. The molecule has 1 aromatic heterocycles. The summed E-state index contributed by atoms with van der Waals surface area (Å²) in [5, 5.41) is 11.6. The van der Waals surface area contributed by atoms with Crippen molar-refractivity contribution < 1.29 is 9.53 Å². The van der Waals surface area contributed by atoms with Gasteiger partial charge in [0.1, 0.15) is 12.9 Å². The predicted octanol–water partition coefficient (Wildman–Crippen LogP) is 1.51. The van der Waals surface area contributed by atoms with Crippen molar-refractivity contribution in [1.29, 1.82) is 0 Å². The van der Waals surface area contributed by atoms with Crippen LogP contribution in [0.5, 0.6) is 0 Å². The summed E-state index contributed by atoms with van der Waals surface area (Å²) < 4.78 is 7.02. The first kappa shape index (κ1) is 19.7. The molecule has 1 amide bonds. The molecule has 28 heavy (non-hydrogen) atoms. The molecule has 0 aliphatic carbocycles. The third-order valence-electron chi connectivity index (χ3n) is 4.46.